The molecule has 1 aromatic carbocycles. The summed E-state index contributed by atoms with van der Waals surface area (Å²) in [4.78, 5) is 10.5. The van der Waals surface area contributed by atoms with E-state index in [1.165, 1.54) is 5.56 Å². The Kier molecular flexibility index (Phi) is 5.65. The van der Waals surface area contributed by atoms with E-state index in [-0.39, 0.29) is 0 Å². The molecule has 0 spiro atoms. The average Bonchev–Trinajstić information content (AvgIpc) is 3.28. The minimum atomic E-state index is 0.689. The van der Waals surface area contributed by atoms with Crippen LogP contribution in [0.15, 0.2) is 46.3 Å². The number of benzene rings is 1. The molecule has 0 saturated carbocycles. The minimum absolute atomic E-state index is 0.689. The van der Waals surface area contributed by atoms with Crippen molar-refractivity contribution in [3.05, 3.63) is 58.3 Å². The predicted octanol–water partition coefficient (Wildman–Crippen LogP) is 4.16. The predicted molar refractivity (Wildman–Crippen MR) is 104 cm³/mol. The van der Waals surface area contributed by atoms with Gasteiger partial charge in [-0.3, -0.25) is 9.80 Å². The lowest BCUT2D eigenvalue weighted by Gasteiger charge is -2.21. The van der Waals surface area contributed by atoms with E-state index in [0.717, 1.165) is 49.0 Å². The first-order valence-electron chi connectivity index (χ1n) is 8.82. The standard InChI is InChI=1S/C19H21ClN4OS/c20-16-6-4-15(5-7-16)13-23-8-2-9-24(11-10-23)14-18-21-19(22-25-18)17-3-1-12-26-17/h1,3-7,12H,2,8-11,13-14H2. The molecule has 26 heavy (non-hydrogen) atoms. The molecule has 0 aliphatic carbocycles. The van der Waals surface area contributed by atoms with Crippen molar-refractivity contribution in [2.24, 2.45) is 0 Å². The van der Waals surface area contributed by atoms with Crippen LogP contribution in [0, 0.1) is 0 Å². The number of thiophene rings is 1. The molecule has 1 aliphatic rings. The molecule has 1 fully saturated rings. The molecule has 0 unspecified atom stereocenters. The van der Waals surface area contributed by atoms with Crippen LogP contribution < -0.4 is 0 Å². The molecule has 136 valence electrons. The lowest BCUT2D eigenvalue weighted by molar-refractivity contribution is 0.222. The van der Waals surface area contributed by atoms with Crippen molar-refractivity contribution in [3.8, 4) is 10.7 Å². The maximum absolute atomic E-state index is 5.97. The average molecular weight is 389 g/mol. The molecule has 3 aromatic rings. The smallest absolute Gasteiger partial charge is 0.241 e. The number of nitrogens with zero attached hydrogens (tertiary/aromatic N) is 4. The molecule has 1 saturated heterocycles. The van der Waals surface area contributed by atoms with Crippen LogP contribution in [0.25, 0.3) is 10.7 Å². The molecule has 5 nitrogen and oxygen atoms in total. The van der Waals surface area contributed by atoms with Gasteiger partial charge in [-0.05, 0) is 48.7 Å². The third-order valence-electron chi connectivity index (χ3n) is 4.57. The van der Waals surface area contributed by atoms with Gasteiger partial charge in [-0.15, -0.1) is 11.3 Å². The lowest BCUT2D eigenvalue weighted by atomic mass is 10.2. The van der Waals surface area contributed by atoms with Gasteiger partial charge in [0.15, 0.2) is 0 Å². The molecule has 2 aromatic heterocycles. The van der Waals surface area contributed by atoms with E-state index in [9.17, 15) is 0 Å². The number of hydrogen-bond donors (Lipinski definition) is 0. The van der Waals surface area contributed by atoms with E-state index in [4.69, 9.17) is 16.1 Å². The molecule has 4 rings (SSSR count). The van der Waals surface area contributed by atoms with Crippen LogP contribution in [0.5, 0.6) is 0 Å². The van der Waals surface area contributed by atoms with Gasteiger partial charge in [-0.2, -0.15) is 4.98 Å². The highest BCUT2D eigenvalue weighted by molar-refractivity contribution is 7.13. The fourth-order valence-corrected chi connectivity index (χ4v) is 3.98. The maximum atomic E-state index is 5.97. The highest BCUT2D eigenvalue weighted by Crippen LogP contribution is 2.22. The molecule has 7 heteroatoms. The molecule has 3 heterocycles. The minimum Gasteiger partial charge on any atom is -0.338 e. The second-order valence-electron chi connectivity index (χ2n) is 6.52. The zero-order chi connectivity index (χ0) is 17.8. The largest absolute Gasteiger partial charge is 0.338 e. The van der Waals surface area contributed by atoms with Gasteiger partial charge in [-0.1, -0.05) is 35.0 Å². The number of rotatable bonds is 5. The van der Waals surface area contributed by atoms with Crippen molar-refractivity contribution in [3.63, 3.8) is 0 Å². The fourth-order valence-electron chi connectivity index (χ4n) is 3.20. The van der Waals surface area contributed by atoms with Crippen LogP contribution in [-0.4, -0.2) is 46.1 Å². The number of aromatic nitrogens is 2. The summed E-state index contributed by atoms with van der Waals surface area (Å²) in [5.41, 5.74) is 1.31. The normalized spacial score (nSPS) is 16.7. The van der Waals surface area contributed by atoms with Gasteiger partial charge < -0.3 is 4.52 Å². The molecule has 0 radical (unpaired) electrons. The Bertz CT molecular complexity index is 818. The van der Waals surface area contributed by atoms with Crippen molar-refractivity contribution in [1.82, 2.24) is 19.9 Å². The SMILES string of the molecule is Clc1ccc(CN2CCCN(Cc3nc(-c4cccs4)no3)CC2)cc1. The Labute approximate surface area is 162 Å². The summed E-state index contributed by atoms with van der Waals surface area (Å²) in [6.07, 6.45) is 1.14. The Morgan fingerprint density at radius 1 is 1.00 bits per heavy atom. The van der Waals surface area contributed by atoms with Crippen LogP contribution in [0.4, 0.5) is 0 Å². The monoisotopic (exact) mass is 388 g/mol. The molecule has 0 amide bonds. The van der Waals surface area contributed by atoms with Crippen molar-refractivity contribution in [1.29, 1.82) is 0 Å². The third-order valence-corrected chi connectivity index (χ3v) is 5.69. The number of hydrogen-bond acceptors (Lipinski definition) is 6. The Hall–Kier alpha value is -1.73. The second kappa shape index (κ2) is 8.31. The van der Waals surface area contributed by atoms with Gasteiger partial charge >= 0.3 is 0 Å². The van der Waals surface area contributed by atoms with E-state index in [1.54, 1.807) is 11.3 Å². The van der Waals surface area contributed by atoms with Crippen LogP contribution in [0.3, 0.4) is 0 Å². The second-order valence-corrected chi connectivity index (χ2v) is 7.91. The summed E-state index contributed by atoms with van der Waals surface area (Å²) in [6, 6.07) is 12.1. The first-order valence-corrected chi connectivity index (χ1v) is 10.1. The van der Waals surface area contributed by atoms with Crippen LogP contribution in [-0.2, 0) is 13.1 Å². The van der Waals surface area contributed by atoms with Gasteiger partial charge in [-0.25, -0.2) is 0 Å². The Balaban J connectivity index is 1.31. The summed E-state index contributed by atoms with van der Waals surface area (Å²) in [5.74, 6) is 1.38. The van der Waals surface area contributed by atoms with Gasteiger partial charge in [0.25, 0.3) is 0 Å². The van der Waals surface area contributed by atoms with E-state index in [2.05, 4.69) is 32.1 Å². The van der Waals surface area contributed by atoms with Crippen molar-refractivity contribution >= 4 is 22.9 Å². The van der Waals surface area contributed by atoms with Crippen LogP contribution >= 0.6 is 22.9 Å². The van der Waals surface area contributed by atoms with E-state index in [1.807, 2.05) is 29.6 Å². The summed E-state index contributed by atoms with van der Waals surface area (Å²) in [6.45, 7) is 5.87. The van der Waals surface area contributed by atoms with E-state index >= 15 is 0 Å². The third kappa shape index (κ3) is 4.51. The van der Waals surface area contributed by atoms with E-state index < -0.39 is 0 Å². The Morgan fingerprint density at radius 3 is 2.50 bits per heavy atom. The summed E-state index contributed by atoms with van der Waals surface area (Å²) < 4.78 is 5.44. The molecule has 0 bridgehead atoms. The highest BCUT2D eigenvalue weighted by Gasteiger charge is 2.18. The maximum Gasteiger partial charge on any atom is 0.241 e. The van der Waals surface area contributed by atoms with Crippen LogP contribution in [0.1, 0.15) is 17.9 Å². The first kappa shape index (κ1) is 17.7. The zero-order valence-electron chi connectivity index (χ0n) is 14.5. The molecular weight excluding hydrogens is 368 g/mol. The van der Waals surface area contributed by atoms with Gasteiger partial charge in [0.1, 0.15) is 0 Å². The molecule has 0 atom stereocenters. The lowest BCUT2D eigenvalue weighted by Crippen LogP contribution is -2.30. The Morgan fingerprint density at radius 2 is 1.77 bits per heavy atom. The molecular formula is C19H21ClN4OS. The van der Waals surface area contributed by atoms with Gasteiger partial charge in [0, 0.05) is 24.7 Å². The van der Waals surface area contributed by atoms with Crippen molar-refractivity contribution in [2.75, 3.05) is 26.2 Å². The zero-order valence-corrected chi connectivity index (χ0v) is 16.0. The van der Waals surface area contributed by atoms with Crippen molar-refractivity contribution < 1.29 is 4.52 Å². The summed E-state index contributed by atoms with van der Waals surface area (Å²) in [7, 11) is 0. The molecule has 1 aliphatic heterocycles. The fraction of sp³-hybridized carbons (Fsp3) is 0.368. The van der Waals surface area contributed by atoms with Crippen molar-refractivity contribution in [2.45, 2.75) is 19.5 Å². The summed E-state index contributed by atoms with van der Waals surface area (Å²) >= 11 is 7.60. The topological polar surface area (TPSA) is 45.4 Å². The highest BCUT2D eigenvalue weighted by atomic mass is 35.5. The number of halogens is 1. The van der Waals surface area contributed by atoms with Gasteiger partial charge in [0.2, 0.25) is 11.7 Å². The van der Waals surface area contributed by atoms with E-state index in [0.29, 0.717) is 18.3 Å². The summed E-state index contributed by atoms with van der Waals surface area (Å²) in [5, 5.41) is 6.91. The van der Waals surface area contributed by atoms with Gasteiger partial charge in [0.05, 0.1) is 11.4 Å². The van der Waals surface area contributed by atoms with Crippen LogP contribution in [0.2, 0.25) is 5.02 Å². The molecule has 0 N–H and O–H groups in total. The first-order chi connectivity index (χ1) is 12.8. The quantitative estimate of drug-likeness (QED) is 0.656.